The van der Waals surface area contributed by atoms with Gasteiger partial charge in [0.05, 0.1) is 18.8 Å². The van der Waals surface area contributed by atoms with Gasteiger partial charge >= 0.3 is 0 Å². The van der Waals surface area contributed by atoms with Gasteiger partial charge < -0.3 is 20.1 Å². The topological polar surface area (TPSA) is 70.5 Å². The summed E-state index contributed by atoms with van der Waals surface area (Å²) in [5.41, 5.74) is 0. The molecule has 0 radical (unpaired) electrons. The highest BCUT2D eigenvalue weighted by Gasteiger charge is 2.26. The third-order valence-corrected chi connectivity index (χ3v) is 3.44. The smallest absolute Gasteiger partial charge is 0.134 e. The number of anilines is 2. The van der Waals surface area contributed by atoms with E-state index in [4.69, 9.17) is 4.74 Å². The van der Waals surface area contributed by atoms with E-state index < -0.39 is 0 Å². The van der Waals surface area contributed by atoms with Gasteiger partial charge in [0.2, 0.25) is 0 Å². The van der Waals surface area contributed by atoms with Gasteiger partial charge in [-0.1, -0.05) is 6.92 Å². The van der Waals surface area contributed by atoms with Gasteiger partial charge in [-0.25, -0.2) is 9.97 Å². The standard InChI is InChI=1S/C15H26N4O2/c1-4-6-13-17-14(16-5-2)7-15(18-13)19-8-11(3)21-12(9-19)10-20/h7,11-12,20H,4-6,8-10H2,1-3H3,(H,16,17,18). The molecule has 0 spiro atoms. The number of aliphatic hydroxyl groups is 1. The molecule has 1 aliphatic rings. The van der Waals surface area contributed by atoms with Crippen molar-refractivity contribution in [3.8, 4) is 0 Å². The average Bonchev–Trinajstić information content (AvgIpc) is 2.47. The van der Waals surface area contributed by atoms with Gasteiger partial charge in [0, 0.05) is 32.1 Å². The minimum absolute atomic E-state index is 0.0355. The van der Waals surface area contributed by atoms with Crippen molar-refractivity contribution in [1.82, 2.24) is 9.97 Å². The fourth-order valence-electron chi connectivity index (χ4n) is 2.59. The van der Waals surface area contributed by atoms with Crippen molar-refractivity contribution in [3.63, 3.8) is 0 Å². The van der Waals surface area contributed by atoms with Crippen LogP contribution >= 0.6 is 0 Å². The number of ether oxygens (including phenoxy) is 1. The lowest BCUT2D eigenvalue weighted by atomic mass is 10.2. The Kier molecular flexibility index (Phi) is 5.76. The zero-order valence-corrected chi connectivity index (χ0v) is 13.2. The lowest BCUT2D eigenvalue weighted by Crippen LogP contribution is -2.48. The number of aliphatic hydroxyl groups excluding tert-OH is 1. The summed E-state index contributed by atoms with van der Waals surface area (Å²) in [6, 6.07) is 1.98. The molecule has 0 aromatic carbocycles. The van der Waals surface area contributed by atoms with E-state index in [9.17, 15) is 5.11 Å². The van der Waals surface area contributed by atoms with Gasteiger partial charge in [-0.3, -0.25) is 0 Å². The number of hydrogen-bond acceptors (Lipinski definition) is 6. The number of morpholine rings is 1. The Labute approximate surface area is 126 Å². The second-order valence-electron chi connectivity index (χ2n) is 5.46. The highest BCUT2D eigenvalue weighted by atomic mass is 16.5. The second kappa shape index (κ2) is 7.56. The molecule has 6 nitrogen and oxygen atoms in total. The number of rotatable bonds is 6. The summed E-state index contributed by atoms with van der Waals surface area (Å²) < 4.78 is 5.69. The van der Waals surface area contributed by atoms with E-state index in [2.05, 4.69) is 34.0 Å². The summed E-state index contributed by atoms with van der Waals surface area (Å²) in [4.78, 5) is 11.4. The fourth-order valence-corrected chi connectivity index (χ4v) is 2.59. The van der Waals surface area contributed by atoms with Crippen LogP contribution in [0.15, 0.2) is 6.07 Å². The zero-order valence-electron chi connectivity index (χ0n) is 13.2. The average molecular weight is 294 g/mol. The van der Waals surface area contributed by atoms with Gasteiger partial charge in [-0.2, -0.15) is 0 Å². The summed E-state index contributed by atoms with van der Waals surface area (Å²) in [6.07, 6.45) is 1.83. The maximum atomic E-state index is 9.35. The molecule has 0 bridgehead atoms. The first-order valence-electron chi connectivity index (χ1n) is 7.79. The van der Waals surface area contributed by atoms with Gasteiger partial charge in [0.25, 0.3) is 0 Å². The van der Waals surface area contributed by atoms with Crippen LogP contribution in [0.5, 0.6) is 0 Å². The molecule has 2 N–H and O–H groups in total. The summed E-state index contributed by atoms with van der Waals surface area (Å²) in [5, 5.41) is 12.6. The van der Waals surface area contributed by atoms with E-state index in [0.29, 0.717) is 6.54 Å². The molecule has 6 heteroatoms. The van der Waals surface area contributed by atoms with Crippen molar-refractivity contribution in [3.05, 3.63) is 11.9 Å². The van der Waals surface area contributed by atoms with E-state index in [1.165, 1.54) is 0 Å². The van der Waals surface area contributed by atoms with Crippen LogP contribution in [0.1, 0.15) is 33.0 Å². The Morgan fingerprint density at radius 2 is 2.19 bits per heavy atom. The van der Waals surface area contributed by atoms with E-state index >= 15 is 0 Å². The van der Waals surface area contributed by atoms with Crippen molar-refractivity contribution < 1.29 is 9.84 Å². The third-order valence-electron chi connectivity index (χ3n) is 3.44. The quantitative estimate of drug-likeness (QED) is 0.827. The summed E-state index contributed by atoms with van der Waals surface area (Å²) in [7, 11) is 0. The molecule has 0 saturated carbocycles. The maximum absolute atomic E-state index is 9.35. The van der Waals surface area contributed by atoms with Gasteiger partial charge in [-0.05, 0) is 20.3 Å². The minimum atomic E-state index is -0.152. The monoisotopic (exact) mass is 294 g/mol. The fraction of sp³-hybridized carbons (Fsp3) is 0.733. The van der Waals surface area contributed by atoms with Crippen LogP contribution in [0.25, 0.3) is 0 Å². The molecular weight excluding hydrogens is 268 g/mol. The second-order valence-corrected chi connectivity index (χ2v) is 5.46. The molecule has 21 heavy (non-hydrogen) atoms. The predicted octanol–water partition coefficient (Wildman–Crippen LogP) is 1.45. The molecule has 1 fully saturated rings. The minimum Gasteiger partial charge on any atom is -0.394 e. The highest BCUT2D eigenvalue weighted by Crippen LogP contribution is 2.21. The van der Waals surface area contributed by atoms with Crippen LogP contribution < -0.4 is 10.2 Å². The lowest BCUT2D eigenvalue weighted by Gasteiger charge is -2.37. The van der Waals surface area contributed by atoms with Crippen LogP contribution in [0.2, 0.25) is 0 Å². The summed E-state index contributed by atoms with van der Waals surface area (Å²) in [5.74, 6) is 2.65. The first-order chi connectivity index (χ1) is 10.2. The van der Waals surface area contributed by atoms with Gasteiger partial charge in [-0.15, -0.1) is 0 Å². The van der Waals surface area contributed by atoms with Gasteiger partial charge in [0.15, 0.2) is 0 Å². The molecule has 118 valence electrons. The molecule has 1 aromatic heterocycles. The molecule has 1 aromatic rings. The van der Waals surface area contributed by atoms with E-state index in [0.717, 1.165) is 43.4 Å². The van der Waals surface area contributed by atoms with E-state index in [1.807, 2.05) is 13.0 Å². The molecule has 2 rings (SSSR count). The number of nitrogens with one attached hydrogen (secondary N) is 1. The molecule has 0 amide bonds. The molecule has 1 aliphatic heterocycles. The van der Waals surface area contributed by atoms with Crippen LogP contribution in [0.3, 0.4) is 0 Å². The highest BCUT2D eigenvalue weighted by molar-refractivity contribution is 5.50. The third kappa shape index (κ3) is 4.28. The Morgan fingerprint density at radius 3 is 2.86 bits per heavy atom. The van der Waals surface area contributed by atoms with E-state index in [1.54, 1.807) is 0 Å². The Morgan fingerprint density at radius 1 is 1.38 bits per heavy atom. The number of aryl methyl sites for hydroxylation is 1. The SMILES string of the molecule is CCCc1nc(NCC)cc(N2CC(C)OC(CO)C2)n1. The summed E-state index contributed by atoms with van der Waals surface area (Å²) >= 11 is 0. The molecule has 2 heterocycles. The summed E-state index contributed by atoms with van der Waals surface area (Å²) in [6.45, 7) is 8.52. The molecule has 0 aliphatic carbocycles. The van der Waals surface area contributed by atoms with Crippen LogP contribution in [-0.4, -0.2) is 53.5 Å². The van der Waals surface area contributed by atoms with Crippen LogP contribution in [0, 0.1) is 0 Å². The Balaban J connectivity index is 2.23. The Hall–Kier alpha value is -1.40. The Bertz CT molecular complexity index is 431. The largest absolute Gasteiger partial charge is 0.394 e. The van der Waals surface area contributed by atoms with Crippen LogP contribution in [0.4, 0.5) is 11.6 Å². The molecule has 1 saturated heterocycles. The van der Waals surface area contributed by atoms with Crippen molar-refractivity contribution in [2.24, 2.45) is 0 Å². The number of nitrogens with zero attached hydrogens (tertiary/aromatic N) is 3. The van der Waals surface area contributed by atoms with Crippen molar-refractivity contribution >= 4 is 11.6 Å². The first kappa shape index (κ1) is 16.0. The molecule has 2 atom stereocenters. The van der Waals surface area contributed by atoms with Crippen molar-refractivity contribution in [2.45, 2.75) is 45.8 Å². The molecule has 2 unspecified atom stereocenters. The van der Waals surface area contributed by atoms with E-state index in [-0.39, 0.29) is 18.8 Å². The van der Waals surface area contributed by atoms with Crippen molar-refractivity contribution in [1.29, 1.82) is 0 Å². The van der Waals surface area contributed by atoms with Gasteiger partial charge in [0.1, 0.15) is 17.5 Å². The number of aromatic nitrogens is 2. The predicted molar refractivity (Wildman–Crippen MR) is 83.8 cm³/mol. The first-order valence-corrected chi connectivity index (χ1v) is 7.79. The van der Waals surface area contributed by atoms with Crippen molar-refractivity contribution in [2.75, 3.05) is 36.5 Å². The molecular formula is C15H26N4O2. The lowest BCUT2D eigenvalue weighted by molar-refractivity contribution is -0.0423. The van der Waals surface area contributed by atoms with Crippen LogP contribution in [-0.2, 0) is 11.2 Å². The normalized spacial score (nSPS) is 22.4. The zero-order chi connectivity index (χ0) is 15.2. The maximum Gasteiger partial charge on any atom is 0.134 e. The number of hydrogen-bond donors (Lipinski definition) is 2.